The minimum Gasteiger partial charge on any atom is -0.379 e. The van der Waals surface area contributed by atoms with Gasteiger partial charge >= 0.3 is 0 Å². The molecule has 0 heterocycles. The normalized spacial score (nSPS) is 12.8. The fourth-order valence-electron chi connectivity index (χ4n) is 1.45. The molecule has 1 unspecified atom stereocenters. The van der Waals surface area contributed by atoms with E-state index >= 15 is 0 Å². The SMILES string of the molecule is CCCOCC(NN)c1c(F)cc(Br)cc1F. The second-order valence-corrected chi connectivity index (χ2v) is 4.49. The highest BCUT2D eigenvalue weighted by atomic mass is 79.9. The highest BCUT2D eigenvalue weighted by Gasteiger charge is 2.20. The summed E-state index contributed by atoms with van der Waals surface area (Å²) in [6.07, 6.45) is 0.836. The Labute approximate surface area is 107 Å². The molecule has 1 aromatic rings. The van der Waals surface area contributed by atoms with E-state index in [1.54, 1.807) is 0 Å². The van der Waals surface area contributed by atoms with E-state index < -0.39 is 17.7 Å². The van der Waals surface area contributed by atoms with E-state index in [1.807, 2.05) is 6.92 Å². The minimum absolute atomic E-state index is 0.105. The maximum Gasteiger partial charge on any atom is 0.132 e. The van der Waals surface area contributed by atoms with E-state index in [4.69, 9.17) is 10.6 Å². The van der Waals surface area contributed by atoms with Gasteiger partial charge < -0.3 is 4.74 Å². The zero-order chi connectivity index (χ0) is 12.8. The average Bonchev–Trinajstić information content (AvgIpc) is 2.25. The van der Waals surface area contributed by atoms with Crippen molar-refractivity contribution in [3.8, 4) is 0 Å². The maximum absolute atomic E-state index is 13.6. The Kier molecular flexibility index (Phi) is 5.97. The van der Waals surface area contributed by atoms with Gasteiger partial charge in [-0.15, -0.1) is 0 Å². The number of halogens is 3. The Hall–Kier alpha value is -0.560. The average molecular weight is 309 g/mol. The lowest BCUT2D eigenvalue weighted by atomic mass is 10.1. The Morgan fingerprint density at radius 2 is 2.00 bits per heavy atom. The molecule has 3 N–H and O–H groups in total. The maximum atomic E-state index is 13.6. The summed E-state index contributed by atoms with van der Waals surface area (Å²) >= 11 is 3.02. The zero-order valence-corrected chi connectivity index (χ0v) is 11.1. The van der Waals surface area contributed by atoms with Crippen molar-refractivity contribution < 1.29 is 13.5 Å². The van der Waals surface area contributed by atoms with Crippen LogP contribution in [0.5, 0.6) is 0 Å². The molecule has 1 rings (SSSR count). The number of hydrogen-bond acceptors (Lipinski definition) is 3. The van der Waals surface area contributed by atoms with Gasteiger partial charge in [-0.2, -0.15) is 0 Å². The molecule has 0 bridgehead atoms. The number of hydrazine groups is 1. The van der Waals surface area contributed by atoms with Gasteiger partial charge in [0.05, 0.1) is 12.6 Å². The molecule has 6 heteroatoms. The van der Waals surface area contributed by atoms with Crippen LogP contribution in [-0.2, 0) is 4.74 Å². The molecule has 0 amide bonds. The van der Waals surface area contributed by atoms with E-state index in [9.17, 15) is 8.78 Å². The number of benzene rings is 1. The summed E-state index contributed by atoms with van der Waals surface area (Å²) < 4.78 is 32.9. The Morgan fingerprint density at radius 3 is 2.47 bits per heavy atom. The van der Waals surface area contributed by atoms with Crippen molar-refractivity contribution in [2.24, 2.45) is 5.84 Å². The van der Waals surface area contributed by atoms with Gasteiger partial charge in [0, 0.05) is 16.6 Å². The molecule has 1 aromatic carbocycles. The molecule has 96 valence electrons. The summed E-state index contributed by atoms with van der Waals surface area (Å²) in [5.41, 5.74) is 2.25. The number of nitrogens with two attached hydrogens (primary N) is 1. The quantitative estimate of drug-likeness (QED) is 0.482. The lowest BCUT2D eigenvalue weighted by molar-refractivity contribution is 0.110. The van der Waals surface area contributed by atoms with E-state index in [2.05, 4.69) is 21.4 Å². The van der Waals surface area contributed by atoms with Gasteiger partial charge in [0.2, 0.25) is 0 Å². The smallest absolute Gasteiger partial charge is 0.132 e. The van der Waals surface area contributed by atoms with Gasteiger partial charge in [0.25, 0.3) is 0 Å². The molecular weight excluding hydrogens is 294 g/mol. The van der Waals surface area contributed by atoms with Crippen LogP contribution in [0.3, 0.4) is 0 Å². The summed E-state index contributed by atoms with van der Waals surface area (Å²) in [7, 11) is 0. The van der Waals surface area contributed by atoms with Gasteiger partial charge in [-0.25, -0.2) is 8.78 Å². The molecule has 3 nitrogen and oxygen atoms in total. The summed E-state index contributed by atoms with van der Waals surface area (Å²) in [5.74, 6) is 3.98. The fourth-order valence-corrected chi connectivity index (χ4v) is 1.85. The third-order valence-electron chi connectivity index (χ3n) is 2.23. The molecule has 0 aromatic heterocycles. The lowest BCUT2D eigenvalue weighted by Crippen LogP contribution is -2.33. The van der Waals surface area contributed by atoms with E-state index in [0.29, 0.717) is 11.1 Å². The first-order chi connectivity index (χ1) is 8.10. The van der Waals surface area contributed by atoms with Gasteiger partial charge in [0.15, 0.2) is 0 Å². The van der Waals surface area contributed by atoms with Crippen LogP contribution in [0, 0.1) is 11.6 Å². The van der Waals surface area contributed by atoms with Crippen LogP contribution in [0.2, 0.25) is 0 Å². The second kappa shape index (κ2) is 7.00. The predicted molar refractivity (Wildman–Crippen MR) is 65.2 cm³/mol. The largest absolute Gasteiger partial charge is 0.379 e. The van der Waals surface area contributed by atoms with Crippen molar-refractivity contribution in [3.05, 3.63) is 33.8 Å². The molecule has 0 fully saturated rings. The minimum atomic E-state index is -0.699. The van der Waals surface area contributed by atoms with Crippen molar-refractivity contribution in [1.82, 2.24) is 5.43 Å². The monoisotopic (exact) mass is 308 g/mol. The first kappa shape index (κ1) is 14.5. The Bertz CT molecular complexity index is 353. The van der Waals surface area contributed by atoms with Crippen LogP contribution >= 0.6 is 15.9 Å². The predicted octanol–water partition coefficient (Wildman–Crippen LogP) is 2.66. The fraction of sp³-hybridized carbons (Fsp3) is 0.455. The molecule has 0 spiro atoms. The Morgan fingerprint density at radius 1 is 1.41 bits per heavy atom. The first-order valence-electron chi connectivity index (χ1n) is 5.28. The van der Waals surface area contributed by atoms with Crippen LogP contribution in [0.25, 0.3) is 0 Å². The number of hydrogen-bond donors (Lipinski definition) is 2. The summed E-state index contributed by atoms with van der Waals surface area (Å²) in [4.78, 5) is 0. The topological polar surface area (TPSA) is 47.3 Å². The summed E-state index contributed by atoms with van der Waals surface area (Å²) in [5, 5.41) is 0. The van der Waals surface area contributed by atoms with Crippen LogP contribution in [-0.4, -0.2) is 13.2 Å². The molecule has 0 aliphatic heterocycles. The van der Waals surface area contributed by atoms with Crippen LogP contribution in [0.1, 0.15) is 24.9 Å². The molecule has 0 aliphatic rings. The molecule has 0 saturated carbocycles. The zero-order valence-electron chi connectivity index (χ0n) is 9.47. The molecule has 17 heavy (non-hydrogen) atoms. The van der Waals surface area contributed by atoms with Crippen LogP contribution < -0.4 is 11.3 Å². The summed E-state index contributed by atoms with van der Waals surface area (Å²) in [6.45, 7) is 2.60. The van der Waals surface area contributed by atoms with E-state index in [-0.39, 0.29) is 12.2 Å². The number of ether oxygens (including phenoxy) is 1. The highest BCUT2D eigenvalue weighted by molar-refractivity contribution is 9.10. The first-order valence-corrected chi connectivity index (χ1v) is 6.07. The number of rotatable bonds is 6. The lowest BCUT2D eigenvalue weighted by Gasteiger charge is -2.18. The molecule has 0 saturated heterocycles. The van der Waals surface area contributed by atoms with Crippen LogP contribution in [0.4, 0.5) is 8.78 Å². The van der Waals surface area contributed by atoms with E-state index in [1.165, 1.54) is 12.1 Å². The van der Waals surface area contributed by atoms with Crippen molar-refractivity contribution in [2.75, 3.05) is 13.2 Å². The highest BCUT2D eigenvalue weighted by Crippen LogP contribution is 2.24. The van der Waals surface area contributed by atoms with E-state index in [0.717, 1.165) is 6.42 Å². The van der Waals surface area contributed by atoms with Crippen molar-refractivity contribution >= 4 is 15.9 Å². The van der Waals surface area contributed by atoms with Gasteiger partial charge in [-0.05, 0) is 18.6 Å². The summed E-state index contributed by atoms with van der Waals surface area (Å²) in [6, 6.07) is 1.69. The van der Waals surface area contributed by atoms with Crippen molar-refractivity contribution in [1.29, 1.82) is 0 Å². The van der Waals surface area contributed by atoms with Gasteiger partial charge in [-0.1, -0.05) is 22.9 Å². The van der Waals surface area contributed by atoms with Crippen molar-refractivity contribution in [2.45, 2.75) is 19.4 Å². The third kappa shape index (κ3) is 3.99. The van der Waals surface area contributed by atoms with Crippen molar-refractivity contribution in [3.63, 3.8) is 0 Å². The molecule has 0 radical (unpaired) electrons. The Balaban J connectivity index is 2.87. The van der Waals surface area contributed by atoms with Gasteiger partial charge in [-0.3, -0.25) is 11.3 Å². The van der Waals surface area contributed by atoms with Crippen LogP contribution in [0.15, 0.2) is 16.6 Å². The molecule has 1 atom stereocenters. The molecular formula is C11H15BrF2N2O. The standard InChI is InChI=1S/C11H15BrF2N2O/c1-2-3-17-6-10(16-15)11-8(13)4-7(12)5-9(11)14/h4-5,10,16H,2-3,6,15H2,1H3. The molecule has 0 aliphatic carbocycles. The third-order valence-corrected chi connectivity index (χ3v) is 2.68. The number of nitrogens with one attached hydrogen (secondary N) is 1. The van der Waals surface area contributed by atoms with Gasteiger partial charge in [0.1, 0.15) is 11.6 Å². The second-order valence-electron chi connectivity index (χ2n) is 3.58.